The van der Waals surface area contributed by atoms with Gasteiger partial charge in [0.05, 0.1) is 11.3 Å². The van der Waals surface area contributed by atoms with E-state index in [1.165, 1.54) is 24.2 Å². The Morgan fingerprint density at radius 3 is 2.77 bits per heavy atom. The Morgan fingerprint density at radius 2 is 2.04 bits per heavy atom. The highest BCUT2D eigenvalue weighted by atomic mass is 32.2. The van der Waals surface area contributed by atoms with Crippen molar-refractivity contribution in [2.45, 2.75) is 56.3 Å². The summed E-state index contributed by atoms with van der Waals surface area (Å²) >= 11 is 1.42. The molecule has 26 heavy (non-hydrogen) atoms. The Kier molecular flexibility index (Phi) is 4.98. The van der Waals surface area contributed by atoms with E-state index in [4.69, 9.17) is 0 Å². The first kappa shape index (κ1) is 17.5. The summed E-state index contributed by atoms with van der Waals surface area (Å²) in [5.41, 5.74) is 0.467. The van der Waals surface area contributed by atoms with Crippen molar-refractivity contribution in [2.24, 2.45) is 0 Å². The van der Waals surface area contributed by atoms with Crippen molar-refractivity contribution in [3.05, 3.63) is 30.1 Å². The van der Waals surface area contributed by atoms with Gasteiger partial charge in [-0.05, 0) is 51.2 Å². The van der Waals surface area contributed by atoms with Gasteiger partial charge in [-0.3, -0.25) is 9.36 Å². The largest absolute Gasteiger partial charge is 0.339 e. The molecule has 1 saturated carbocycles. The molecule has 2 heterocycles. The third kappa shape index (κ3) is 3.49. The third-order valence-corrected chi connectivity index (χ3v) is 6.07. The Bertz CT molecular complexity index is 805. The van der Waals surface area contributed by atoms with E-state index < -0.39 is 0 Å². The van der Waals surface area contributed by atoms with Crippen molar-refractivity contribution in [2.75, 3.05) is 12.3 Å². The Balaban J connectivity index is 1.52. The number of piperidine rings is 1. The van der Waals surface area contributed by atoms with Gasteiger partial charge in [0.2, 0.25) is 5.91 Å². The molecular formula is C19H23FN4OS. The summed E-state index contributed by atoms with van der Waals surface area (Å²) in [6.07, 6.45) is 5.44. The second-order valence-corrected chi connectivity index (χ2v) is 8.05. The standard InChI is InChI=1S/C19H23FN4OS/c1-13-6-4-5-11-23(13)17(25)12-26-19-22-21-18(24(19)14-9-10-14)15-7-2-3-8-16(15)20/h2-3,7-8,13-14H,4-6,9-12H2,1H3. The lowest BCUT2D eigenvalue weighted by Gasteiger charge is -2.33. The first-order chi connectivity index (χ1) is 12.6. The van der Waals surface area contributed by atoms with Gasteiger partial charge in [-0.15, -0.1) is 10.2 Å². The minimum atomic E-state index is -0.295. The average Bonchev–Trinajstić information content (AvgIpc) is 3.40. The maximum atomic E-state index is 14.2. The van der Waals surface area contributed by atoms with E-state index in [1.807, 2.05) is 9.47 Å². The van der Waals surface area contributed by atoms with Gasteiger partial charge in [0, 0.05) is 18.6 Å². The summed E-state index contributed by atoms with van der Waals surface area (Å²) < 4.78 is 16.2. The molecule has 1 amide bonds. The Hall–Kier alpha value is -1.89. The summed E-state index contributed by atoms with van der Waals surface area (Å²) in [5.74, 6) is 0.773. The highest BCUT2D eigenvalue weighted by Gasteiger charge is 2.31. The normalized spacial score (nSPS) is 20.4. The minimum Gasteiger partial charge on any atom is -0.339 e. The van der Waals surface area contributed by atoms with Crippen LogP contribution in [0.1, 0.15) is 45.1 Å². The van der Waals surface area contributed by atoms with Crippen LogP contribution < -0.4 is 0 Å². The fourth-order valence-corrected chi connectivity index (χ4v) is 4.43. The monoisotopic (exact) mass is 374 g/mol. The van der Waals surface area contributed by atoms with Crippen molar-refractivity contribution >= 4 is 17.7 Å². The number of likely N-dealkylation sites (tertiary alicyclic amines) is 1. The lowest BCUT2D eigenvalue weighted by atomic mass is 10.0. The number of hydrogen-bond acceptors (Lipinski definition) is 4. The molecular weight excluding hydrogens is 351 g/mol. The van der Waals surface area contributed by atoms with Crippen molar-refractivity contribution in [3.8, 4) is 11.4 Å². The Labute approximate surface area is 157 Å². The molecule has 2 fully saturated rings. The Morgan fingerprint density at radius 1 is 1.23 bits per heavy atom. The molecule has 1 atom stereocenters. The number of benzene rings is 1. The van der Waals surface area contributed by atoms with Gasteiger partial charge in [0.15, 0.2) is 11.0 Å². The molecule has 7 heteroatoms. The molecule has 4 rings (SSSR count). The average molecular weight is 374 g/mol. The summed E-state index contributed by atoms with van der Waals surface area (Å²) in [5, 5.41) is 9.22. The van der Waals surface area contributed by atoms with Crippen LogP contribution >= 0.6 is 11.8 Å². The lowest BCUT2D eigenvalue weighted by Crippen LogP contribution is -2.43. The maximum Gasteiger partial charge on any atom is 0.233 e. The lowest BCUT2D eigenvalue weighted by molar-refractivity contribution is -0.131. The van der Waals surface area contributed by atoms with Crippen LogP contribution in [-0.4, -0.2) is 43.9 Å². The van der Waals surface area contributed by atoms with Crippen LogP contribution in [0.15, 0.2) is 29.4 Å². The van der Waals surface area contributed by atoms with Gasteiger partial charge >= 0.3 is 0 Å². The molecule has 138 valence electrons. The fourth-order valence-electron chi connectivity index (χ4n) is 3.54. The quantitative estimate of drug-likeness (QED) is 0.745. The summed E-state index contributed by atoms with van der Waals surface area (Å²) in [6.45, 7) is 2.96. The zero-order valence-electron chi connectivity index (χ0n) is 14.9. The van der Waals surface area contributed by atoms with E-state index >= 15 is 0 Å². The second-order valence-electron chi connectivity index (χ2n) is 7.11. The predicted molar refractivity (Wildman–Crippen MR) is 99.4 cm³/mol. The second kappa shape index (κ2) is 7.39. The van der Waals surface area contributed by atoms with E-state index in [-0.39, 0.29) is 11.7 Å². The molecule has 1 saturated heterocycles. The van der Waals surface area contributed by atoms with E-state index in [0.29, 0.717) is 34.4 Å². The van der Waals surface area contributed by atoms with E-state index in [1.54, 1.807) is 18.2 Å². The summed E-state index contributed by atoms with van der Waals surface area (Å²) in [6, 6.07) is 7.27. The number of halogens is 1. The van der Waals surface area contributed by atoms with Crippen LogP contribution in [0.2, 0.25) is 0 Å². The number of carbonyl (C=O) groups excluding carboxylic acids is 1. The van der Waals surface area contributed by atoms with Gasteiger partial charge < -0.3 is 4.90 Å². The zero-order chi connectivity index (χ0) is 18.1. The van der Waals surface area contributed by atoms with Gasteiger partial charge in [-0.1, -0.05) is 23.9 Å². The third-order valence-electron chi connectivity index (χ3n) is 5.14. The number of aromatic nitrogens is 3. The number of nitrogens with zero attached hydrogens (tertiary/aromatic N) is 4. The summed E-state index contributed by atoms with van der Waals surface area (Å²) in [7, 11) is 0. The smallest absolute Gasteiger partial charge is 0.233 e. The first-order valence-electron chi connectivity index (χ1n) is 9.27. The molecule has 1 aromatic carbocycles. The van der Waals surface area contributed by atoms with Gasteiger partial charge in [0.25, 0.3) is 0 Å². The minimum absolute atomic E-state index is 0.153. The van der Waals surface area contributed by atoms with Crippen LogP contribution in [0.3, 0.4) is 0 Å². The molecule has 0 bridgehead atoms. The highest BCUT2D eigenvalue weighted by Crippen LogP contribution is 2.41. The summed E-state index contributed by atoms with van der Waals surface area (Å²) in [4.78, 5) is 14.6. The molecule has 0 spiro atoms. The molecule has 2 aromatic rings. The van der Waals surface area contributed by atoms with Crippen LogP contribution in [0.5, 0.6) is 0 Å². The topological polar surface area (TPSA) is 51.0 Å². The van der Waals surface area contributed by atoms with Gasteiger partial charge in [-0.2, -0.15) is 0 Å². The van der Waals surface area contributed by atoms with Crippen molar-refractivity contribution in [1.29, 1.82) is 0 Å². The number of hydrogen-bond donors (Lipinski definition) is 0. The number of amides is 1. The molecule has 1 aromatic heterocycles. The van der Waals surface area contributed by atoms with E-state index in [2.05, 4.69) is 17.1 Å². The van der Waals surface area contributed by atoms with Crippen molar-refractivity contribution in [3.63, 3.8) is 0 Å². The van der Waals surface area contributed by atoms with E-state index in [0.717, 1.165) is 32.2 Å². The number of carbonyl (C=O) groups is 1. The van der Waals surface area contributed by atoms with Gasteiger partial charge in [0.1, 0.15) is 5.82 Å². The predicted octanol–water partition coefficient (Wildman–Crippen LogP) is 3.91. The molecule has 1 unspecified atom stereocenters. The first-order valence-corrected chi connectivity index (χ1v) is 10.3. The van der Waals surface area contributed by atoms with Gasteiger partial charge in [-0.25, -0.2) is 4.39 Å². The number of thioether (sulfide) groups is 1. The highest BCUT2D eigenvalue weighted by molar-refractivity contribution is 7.99. The van der Waals surface area contributed by atoms with Crippen LogP contribution in [-0.2, 0) is 4.79 Å². The molecule has 5 nitrogen and oxygen atoms in total. The van der Waals surface area contributed by atoms with Crippen LogP contribution in [0.25, 0.3) is 11.4 Å². The van der Waals surface area contributed by atoms with Crippen LogP contribution in [0, 0.1) is 5.82 Å². The maximum absolute atomic E-state index is 14.2. The van der Waals surface area contributed by atoms with Crippen molar-refractivity contribution < 1.29 is 9.18 Å². The zero-order valence-corrected chi connectivity index (χ0v) is 15.7. The SMILES string of the molecule is CC1CCCCN1C(=O)CSc1nnc(-c2ccccc2F)n1C1CC1. The molecule has 1 aliphatic carbocycles. The molecule has 1 aliphatic heterocycles. The number of rotatable bonds is 5. The molecule has 0 N–H and O–H groups in total. The fraction of sp³-hybridized carbons (Fsp3) is 0.526. The van der Waals surface area contributed by atoms with Crippen molar-refractivity contribution in [1.82, 2.24) is 19.7 Å². The molecule has 0 radical (unpaired) electrons. The van der Waals surface area contributed by atoms with E-state index in [9.17, 15) is 9.18 Å². The van der Waals surface area contributed by atoms with Crippen LogP contribution in [0.4, 0.5) is 4.39 Å². The molecule has 2 aliphatic rings.